The minimum Gasteiger partial charge on any atom is -0.384 e. The van der Waals surface area contributed by atoms with Gasteiger partial charge in [-0.25, -0.2) is 0 Å². The maximum absolute atomic E-state index is 6.28. The highest BCUT2D eigenvalue weighted by molar-refractivity contribution is 5.12. The molecular weight excluding hydrogens is 376 g/mol. The van der Waals surface area contributed by atoms with Crippen LogP contribution in [0.25, 0.3) is 0 Å². The first-order valence-electron chi connectivity index (χ1n) is 12.4. The molecule has 0 aliphatic heterocycles. The van der Waals surface area contributed by atoms with E-state index in [4.69, 9.17) is 18.9 Å². The molecule has 4 aliphatic rings. The molecule has 0 aromatic rings. The number of ether oxygens (including phenoxy) is 4. The third kappa shape index (κ3) is 3.31. The number of methoxy groups -OCH3 is 4. The van der Waals surface area contributed by atoms with Gasteiger partial charge in [-0.05, 0) is 84.9 Å². The topological polar surface area (TPSA) is 36.9 Å². The van der Waals surface area contributed by atoms with Crippen LogP contribution in [0.15, 0.2) is 0 Å². The number of fused-ring (bicyclic) bond motifs is 5. The monoisotopic (exact) mass is 422 g/mol. The van der Waals surface area contributed by atoms with Gasteiger partial charge in [-0.15, -0.1) is 0 Å². The minimum atomic E-state index is -0.396. The van der Waals surface area contributed by atoms with Crippen LogP contribution in [0.5, 0.6) is 0 Å². The first kappa shape index (κ1) is 23.0. The third-order valence-corrected chi connectivity index (χ3v) is 10.9. The van der Waals surface area contributed by atoms with Gasteiger partial charge in [0.1, 0.15) is 0 Å². The molecule has 4 nitrogen and oxygen atoms in total. The van der Waals surface area contributed by atoms with Crippen LogP contribution in [0.2, 0.25) is 0 Å². The number of hydrogen-bond acceptors (Lipinski definition) is 4. The van der Waals surface area contributed by atoms with Gasteiger partial charge in [0.2, 0.25) is 0 Å². The molecule has 0 amide bonds. The summed E-state index contributed by atoms with van der Waals surface area (Å²) in [4.78, 5) is 0. The van der Waals surface area contributed by atoms with Crippen LogP contribution >= 0.6 is 0 Å². The molecule has 0 radical (unpaired) electrons. The van der Waals surface area contributed by atoms with E-state index in [2.05, 4.69) is 20.8 Å². The van der Waals surface area contributed by atoms with Crippen LogP contribution < -0.4 is 0 Å². The van der Waals surface area contributed by atoms with E-state index in [-0.39, 0.29) is 0 Å². The second kappa shape index (κ2) is 8.32. The van der Waals surface area contributed by atoms with Gasteiger partial charge in [-0.1, -0.05) is 20.8 Å². The molecular formula is C26H46O4. The molecule has 30 heavy (non-hydrogen) atoms. The Bertz CT molecular complexity index is 604. The van der Waals surface area contributed by atoms with E-state index in [0.717, 1.165) is 43.6 Å². The van der Waals surface area contributed by atoms with Gasteiger partial charge in [0, 0.05) is 47.9 Å². The molecule has 0 aromatic carbocycles. The zero-order valence-electron chi connectivity index (χ0n) is 20.5. The molecule has 0 bridgehead atoms. The maximum Gasteiger partial charge on any atom is 0.167 e. The Labute approximate surface area is 184 Å². The van der Waals surface area contributed by atoms with Crippen LogP contribution in [0.3, 0.4) is 0 Å². The van der Waals surface area contributed by atoms with Crippen LogP contribution in [-0.2, 0) is 18.9 Å². The van der Waals surface area contributed by atoms with E-state index in [1.54, 1.807) is 0 Å². The average Bonchev–Trinajstić information content (AvgIpc) is 3.10. The Hall–Kier alpha value is -0.160. The number of hydrogen-bond donors (Lipinski definition) is 0. The van der Waals surface area contributed by atoms with E-state index in [1.807, 2.05) is 28.4 Å². The number of rotatable bonds is 6. The van der Waals surface area contributed by atoms with E-state index < -0.39 is 5.79 Å². The van der Waals surface area contributed by atoms with Crippen molar-refractivity contribution in [2.75, 3.05) is 35.0 Å². The van der Waals surface area contributed by atoms with Crippen molar-refractivity contribution in [3.63, 3.8) is 0 Å². The molecule has 0 saturated heterocycles. The zero-order valence-corrected chi connectivity index (χ0v) is 20.5. The molecule has 4 fully saturated rings. The van der Waals surface area contributed by atoms with Crippen molar-refractivity contribution < 1.29 is 18.9 Å². The Morgan fingerprint density at radius 1 is 0.867 bits per heavy atom. The molecule has 4 unspecified atom stereocenters. The highest BCUT2D eigenvalue weighted by Crippen LogP contribution is 2.69. The lowest BCUT2D eigenvalue weighted by atomic mass is 9.43. The van der Waals surface area contributed by atoms with Gasteiger partial charge >= 0.3 is 0 Å². The van der Waals surface area contributed by atoms with Crippen LogP contribution in [-0.4, -0.2) is 46.9 Å². The van der Waals surface area contributed by atoms with Gasteiger partial charge in [-0.3, -0.25) is 0 Å². The molecule has 0 heterocycles. The van der Waals surface area contributed by atoms with Gasteiger partial charge in [0.15, 0.2) is 5.79 Å². The predicted octanol–water partition coefficient (Wildman–Crippen LogP) is 5.54. The quantitative estimate of drug-likeness (QED) is 0.527. The van der Waals surface area contributed by atoms with E-state index in [9.17, 15) is 0 Å². The molecule has 174 valence electrons. The highest BCUT2D eigenvalue weighted by Gasteiger charge is 2.64. The molecule has 0 aromatic heterocycles. The summed E-state index contributed by atoms with van der Waals surface area (Å²) in [6.07, 6.45) is 10.2. The first-order chi connectivity index (χ1) is 14.3. The highest BCUT2D eigenvalue weighted by atomic mass is 16.7. The van der Waals surface area contributed by atoms with E-state index in [1.165, 1.54) is 32.1 Å². The lowest BCUT2D eigenvalue weighted by molar-refractivity contribution is -0.271. The lowest BCUT2D eigenvalue weighted by Gasteiger charge is -2.64. The van der Waals surface area contributed by atoms with Crippen molar-refractivity contribution >= 4 is 0 Å². The Morgan fingerprint density at radius 3 is 2.20 bits per heavy atom. The Balaban J connectivity index is 1.62. The molecule has 4 saturated carbocycles. The smallest absolute Gasteiger partial charge is 0.167 e. The molecule has 0 N–H and O–H groups in total. The fourth-order valence-electron chi connectivity index (χ4n) is 9.20. The second-order valence-electron chi connectivity index (χ2n) is 11.7. The maximum atomic E-state index is 6.28. The summed E-state index contributed by atoms with van der Waals surface area (Å²) >= 11 is 0. The minimum absolute atomic E-state index is 0.374. The van der Waals surface area contributed by atoms with E-state index in [0.29, 0.717) is 34.7 Å². The largest absolute Gasteiger partial charge is 0.384 e. The summed E-state index contributed by atoms with van der Waals surface area (Å²) in [7, 11) is 7.45. The summed E-state index contributed by atoms with van der Waals surface area (Å²) in [6.45, 7) is 8.51. The first-order valence-corrected chi connectivity index (χ1v) is 12.4. The van der Waals surface area contributed by atoms with Crippen LogP contribution in [0.1, 0.15) is 72.1 Å². The molecule has 4 aliphatic carbocycles. The molecule has 0 spiro atoms. The molecule has 4 rings (SSSR count). The van der Waals surface area contributed by atoms with Gasteiger partial charge in [0.05, 0.1) is 6.10 Å². The van der Waals surface area contributed by atoms with Crippen molar-refractivity contribution in [2.24, 2.45) is 46.3 Å². The van der Waals surface area contributed by atoms with Crippen LogP contribution in [0, 0.1) is 46.3 Å². The van der Waals surface area contributed by atoms with Crippen molar-refractivity contribution in [3.8, 4) is 0 Å². The van der Waals surface area contributed by atoms with Crippen molar-refractivity contribution in [1.82, 2.24) is 0 Å². The van der Waals surface area contributed by atoms with Crippen molar-refractivity contribution in [2.45, 2.75) is 84.0 Å². The fraction of sp³-hybridized carbons (Fsp3) is 1.00. The van der Waals surface area contributed by atoms with Gasteiger partial charge in [0.25, 0.3) is 0 Å². The third-order valence-electron chi connectivity index (χ3n) is 10.9. The Morgan fingerprint density at radius 2 is 1.57 bits per heavy atom. The SMILES string of the molecule is COCC(C)[C@H]1CCC2C3C(CC[C@@]21C)[C@@]1(C)CCC(OC)(OC)C[C@@H]1C[C@H]3OC. The summed E-state index contributed by atoms with van der Waals surface area (Å²) in [5, 5.41) is 0. The summed E-state index contributed by atoms with van der Waals surface area (Å²) < 4.78 is 23.7. The summed E-state index contributed by atoms with van der Waals surface area (Å²) in [5.74, 6) is 3.91. The molecule has 4 heteroatoms. The second-order valence-corrected chi connectivity index (χ2v) is 11.7. The van der Waals surface area contributed by atoms with Crippen LogP contribution in [0.4, 0.5) is 0 Å². The average molecular weight is 423 g/mol. The lowest BCUT2D eigenvalue weighted by Crippen LogP contribution is -2.60. The molecule has 9 atom stereocenters. The van der Waals surface area contributed by atoms with Crippen molar-refractivity contribution in [3.05, 3.63) is 0 Å². The standard InChI is InChI=1S/C26H46O4/c1-17(16-27-4)19-8-9-20-23-21(10-11-25(19,20)3)24(2)12-13-26(29-6,30-7)15-18(24)14-22(23)28-5/h17-23H,8-16H2,1-7H3/t17?,18-,19+,20?,21?,22+,23?,24-,25+/m0/s1. The normalized spacial score (nSPS) is 48.5. The fourth-order valence-corrected chi connectivity index (χ4v) is 9.20. The zero-order chi connectivity index (χ0) is 21.7. The van der Waals surface area contributed by atoms with Gasteiger partial charge < -0.3 is 18.9 Å². The Kier molecular flexibility index (Phi) is 6.38. The van der Waals surface area contributed by atoms with Crippen molar-refractivity contribution in [1.29, 1.82) is 0 Å². The summed E-state index contributed by atoms with van der Waals surface area (Å²) in [5.41, 5.74) is 0.828. The summed E-state index contributed by atoms with van der Waals surface area (Å²) in [6, 6.07) is 0. The predicted molar refractivity (Wildman–Crippen MR) is 119 cm³/mol. The van der Waals surface area contributed by atoms with Gasteiger partial charge in [-0.2, -0.15) is 0 Å². The van der Waals surface area contributed by atoms with E-state index >= 15 is 0 Å².